The van der Waals surface area contributed by atoms with Crippen molar-refractivity contribution >= 4 is 34.2 Å². The first-order valence-corrected chi connectivity index (χ1v) is 9.82. The molecular formula is C21H27N7O2. The number of piperazine rings is 1. The number of nitrogens with zero attached hydrogens (tertiary/aromatic N) is 6. The first kappa shape index (κ1) is 19.8. The first-order chi connectivity index (χ1) is 14.5. The van der Waals surface area contributed by atoms with Crippen molar-refractivity contribution in [2.45, 2.75) is 0 Å². The van der Waals surface area contributed by atoms with Gasteiger partial charge in [-0.3, -0.25) is 0 Å². The van der Waals surface area contributed by atoms with Crippen LogP contribution in [0.15, 0.2) is 30.5 Å². The van der Waals surface area contributed by atoms with Gasteiger partial charge in [0.25, 0.3) is 0 Å². The summed E-state index contributed by atoms with van der Waals surface area (Å²) in [6.07, 6.45) is 1.80. The molecule has 30 heavy (non-hydrogen) atoms. The zero-order valence-electron chi connectivity index (χ0n) is 17.8. The zero-order chi connectivity index (χ0) is 21.3. The molecule has 9 nitrogen and oxygen atoms in total. The van der Waals surface area contributed by atoms with Gasteiger partial charge in [-0.15, -0.1) is 0 Å². The van der Waals surface area contributed by atoms with Crippen LogP contribution in [0.3, 0.4) is 0 Å². The molecular weight excluding hydrogens is 382 g/mol. The molecule has 1 aromatic carbocycles. The summed E-state index contributed by atoms with van der Waals surface area (Å²) < 4.78 is 10.8. The number of anilines is 4. The Hall–Kier alpha value is -3.49. The summed E-state index contributed by atoms with van der Waals surface area (Å²) in [4.78, 5) is 20.3. The van der Waals surface area contributed by atoms with Gasteiger partial charge in [-0.1, -0.05) is 0 Å². The molecule has 4 rings (SSSR count). The van der Waals surface area contributed by atoms with E-state index in [1.807, 2.05) is 43.3 Å². The number of nitrogen functional groups attached to an aromatic ring is 1. The smallest absolute Gasteiger partial charge is 0.227 e. The van der Waals surface area contributed by atoms with E-state index in [0.29, 0.717) is 17.2 Å². The Morgan fingerprint density at radius 1 is 0.933 bits per heavy atom. The molecule has 1 aliphatic rings. The molecule has 2 aromatic heterocycles. The monoisotopic (exact) mass is 409 g/mol. The lowest BCUT2D eigenvalue weighted by Gasteiger charge is -2.35. The van der Waals surface area contributed by atoms with E-state index in [4.69, 9.17) is 20.2 Å². The summed E-state index contributed by atoms with van der Waals surface area (Å²) in [6.45, 7) is 3.23. The molecule has 0 atom stereocenters. The van der Waals surface area contributed by atoms with Gasteiger partial charge in [-0.05, 0) is 12.1 Å². The summed E-state index contributed by atoms with van der Waals surface area (Å²) in [6, 6.07) is 7.57. The number of hydrogen-bond donors (Lipinski definition) is 1. The highest BCUT2D eigenvalue weighted by atomic mass is 16.5. The lowest BCUT2D eigenvalue weighted by molar-refractivity contribution is 0.356. The van der Waals surface area contributed by atoms with E-state index in [2.05, 4.69) is 19.8 Å². The van der Waals surface area contributed by atoms with Crippen LogP contribution >= 0.6 is 0 Å². The van der Waals surface area contributed by atoms with E-state index in [0.717, 1.165) is 54.7 Å². The number of pyridine rings is 1. The molecule has 9 heteroatoms. The van der Waals surface area contributed by atoms with Crippen molar-refractivity contribution in [1.29, 1.82) is 0 Å². The molecule has 0 radical (unpaired) electrons. The van der Waals surface area contributed by atoms with Gasteiger partial charge in [0.15, 0.2) is 11.5 Å². The second-order valence-corrected chi connectivity index (χ2v) is 7.38. The van der Waals surface area contributed by atoms with E-state index in [1.165, 1.54) is 0 Å². The molecule has 1 fully saturated rings. The number of methoxy groups -OCH3 is 2. The number of aromatic nitrogens is 3. The van der Waals surface area contributed by atoms with Crippen LogP contribution in [-0.4, -0.2) is 69.4 Å². The number of hydrogen-bond acceptors (Lipinski definition) is 9. The predicted octanol–water partition coefficient (Wildman–Crippen LogP) is 2.02. The molecule has 3 aromatic rings. The summed E-state index contributed by atoms with van der Waals surface area (Å²) in [7, 11) is 7.18. The van der Waals surface area contributed by atoms with E-state index >= 15 is 0 Å². The van der Waals surface area contributed by atoms with Crippen molar-refractivity contribution < 1.29 is 9.47 Å². The summed E-state index contributed by atoms with van der Waals surface area (Å²) in [5.74, 6) is 3.78. The maximum atomic E-state index is 6.34. The van der Waals surface area contributed by atoms with Crippen LogP contribution in [0, 0.1) is 0 Å². The Morgan fingerprint density at radius 3 is 2.27 bits per heavy atom. The molecule has 0 unspecified atom stereocenters. The minimum Gasteiger partial charge on any atom is -0.493 e. The standard InChI is InChI=1S/C21H27N7O2/c1-26(2)19-5-6-23-21(25-19)28-9-7-27(8-10-28)20-12-15(22)14-11-17(29-3)18(30-4)13-16(14)24-20/h5-6,11-13H,7-10H2,1-4H3,(H2,22,24). The van der Waals surface area contributed by atoms with Crippen LogP contribution in [0.1, 0.15) is 0 Å². The maximum absolute atomic E-state index is 6.34. The Bertz CT molecular complexity index is 1050. The molecule has 3 heterocycles. The van der Waals surface area contributed by atoms with Gasteiger partial charge in [0.05, 0.1) is 19.7 Å². The summed E-state index contributed by atoms with van der Waals surface area (Å²) >= 11 is 0. The fourth-order valence-electron chi connectivity index (χ4n) is 3.60. The summed E-state index contributed by atoms with van der Waals surface area (Å²) in [5.41, 5.74) is 7.80. The highest BCUT2D eigenvalue weighted by molar-refractivity contribution is 5.94. The Balaban J connectivity index is 1.55. The van der Waals surface area contributed by atoms with Crippen molar-refractivity contribution in [2.24, 2.45) is 0 Å². The van der Waals surface area contributed by atoms with Crippen molar-refractivity contribution in [3.05, 3.63) is 30.5 Å². The highest BCUT2D eigenvalue weighted by Crippen LogP contribution is 2.35. The van der Waals surface area contributed by atoms with Crippen LogP contribution < -0.4 is 29.9 Å². The minimum absolute atomic E-state index is 0.636. The number of fused-ring (bicyclic) bond motifs is 1. The lowest BCUT2D eigenvalue weighted by Crippen LogP contribution is -2.47. The Labute approximate surface area is 176 Å². The highest BCUT2D eigenvalue weighted by Gasteiger charge is 2.21. The van der Waals surface area contributed by atoms with Crippen LogP contribution in [0.25, 0.3) is 10.9 Å². The lowest BCUT2D eigenvalue weighted by atomic mass is 10.1. The van der Waals surface area contributed by atoms with Gasteiger partial charge in [-0.25, -0.2) is 9.97 Å². The van der Waals surface area contributed by atoms with Crippen LogP contribution in [-0.2, 0) is 0 Å². The Morgan fingerprint density at radius 2 is 1.60 bits per heavy atom. The van der Waals surface area contributed by atoms with E-state index < -0.39 is 0 Å². The van der Waals surface area contributed by atoms with Crippen molar-refractivity contribution in [1.82, 2.24) is 15.0 Å². The van der Waals surface area contributed by atoms with E-state index in [-0.39, 0.29) is 0 Å². The average molecular weight is 409 g/mol. The summed E-state index contributed by atoms with van der Waals surface area (Å²) in [5, 5.41) is 0.851. The fraction of sp³-hybridized carbons (Fsp3) is 0.381. The molecule has 0 aliphatic carbocycles. The molecule has 0 amide bonds. The van der Waals surface area contributed by atoms with E-state index in [1.54, 1.807) is 20.4 Å². The first-order valence-electron chi connectivity index (χ1n) is 9.82. The van der Waals surface area contributed by atoms with Crippen molar-refractivity contribution in [3.63, 3.8) is 0 Å². The van der Waals surface area contributed by atoms with Gasteiger partial charge >= 0.3 is 0 Å². The molecule has 2 N–H and O–H groups in total. The largest absolute Gasteiger partial charge is 0.493 e. The third-order valence-electron chi connectivity index (χ3n) is 5.31. The number of benzene rings is 1. The molecule has 0 spiro atoms. The predicted molar refractivity (Wildman–Crippen MR) is 120 cm³/mol. The fourth-order valence-corrected chi connectivity index (χ4v) is 3.60. The quantitative estimate of drug-likeness (QED) is 0.679. The molecule has 0 bridgehead atoms. The molecule has 0 saturated carbocycles. The third kappa shape index (κ3) is 3.70. The molecule has 1 aliphatic heterocycles. The zero-order valence-corrected chi connectivity index (χ0v) is 17.8. The van der Waals surface area contributed by atoms with Crippen LogP contribution in [0.2, 0.25) is 0 Å². The van der Waals surface area contributed by atoms with Gasteiger partial charge in [0.1, 0.15) is 11.6 Å². The van der Waals surface area contributed by atoms with Gasteiger partial charge in [0, 0.05) is 69.7 Å². The number of nitrogens with two attached hydrogens (primary N) is 1. The maximum Gasteiger partial charge on any atom is 0.227 e. The second-order valence-electron chi connectivity index (χ2n) is 7.38. The van der Waals surface area contributed by atoms with Crippen molar-refractivity contribution in [3.8, 4) is 11.5 Å². The molecule has 1 saturated heterocycles. The average Bonchev–Trinajstić information content (AvgIpc) is 2.78. The normalized spacial score (nSPS) is 14.1. The Kier molecular flexibility index (Phi) is 5.35. The van der Waals surface area contributed by atoms with Gasteiger partial charge in [-0.2, -0.15) is 4.98 Å². The van der Waals surface area contributed by atoms with Gasteiger partial charge < -0.3 is 29.9 Å². The van der Waals surface area contributed by atoms with Gasteiger partial charge in [0.2, 0.25) is 5.95 Å². The second kappa shape index (κ2) is 8.10. The molecule has 158 valence electrons. The third-order valence-corrected chi connectivity index (χ3v) is 5.31. The van der Waals surface area contributed by atoms with Crippen LogP contribution in [0.5, 0.6) is 11.5 Å². The topological polar surface area (TPSA) is 92.9 Å². The van der Waals surface area contributed by atoms with E-state index in [9.17, 15) is 0 Å². The number of rotatable bonds is 5. The minimum atomic E-state index is 0.636. The van der Waals surface area contributed by atoms with Crippen molar-refractivity contribution in [2.75, 3.05) is 74.9 Å². The number of ether oxygens (including phenoxy) is 2. The van der Waals surface area contributed by atoms with Crippen LogP contribution in [0.4, 0.5) is 23.3 Å². The SMILES string of the molecule is COc1cc2nc(N3CCN(c4nccc(N(C)C)n4)CC3)cc(N)c2cc1OC.